The number of alkyl halides is 6. The molecule has 4 rings (SSSR count). The van der Waals surface area contributed by atoms with Crippen molar-refractivity contribution in [1.29, 1.82) is 0 Å². The van der Waals surface area contributed by atoms with Crippen LogP contribution in [0.4, 0.5) is 41.2 Å². The van der Waals surface area contributed by atoms with Crippen molar-refractivity contribution in [2.75, 3.05) is 25.0 Å². The molecule has 0 spiro atoms. The minimum atomic E-state index is -5.42. The number of anilines is 1. The number of benzene rings is 2. The van der Waals surface area contributed by atoms with Gasteiger partial charge < -0.3 is 9.64 Å². The fourth-order valence-electron chi connectivity index (χ4n) is 4.51. The molecule has 0 aliphatic carbocycles. The number of ether oxygens (including phenoxy) is 1. The Hall–Kier alpha value is -4.30. The molecule has 220 valence electrons. The van der Waals surface area contributed by atoms with Crippen LogP contribution in [0.5, 0.6) is 5.75 Å². The van der Waals surface area contributed by atoms with Gasteiger partial charge in [-0.3, -0.25) is 18.8 Å². The molecule has 1 aliphatic rings. The van der Waals surface area contributed by atoms with Crippen LogP contribution < -0.4 is 15.3 Å². The average Bonchev–Trinajstić information content (AvgIpc) is 3.28. The van der Waals surface area contributed by atoms with Gasteiger partial charge in [0, 0.05) is 51.2 Å². The monoisotopic (exact) mass is 588 g/mol. The summed E-state index contributed by atoms with van der Waals surface area (Å²) in [4.78, 5) is 40.1. The highest BCUT2D eigenvalue weighted by atomic mass is 19.4. The summed E-state index contributed by atoms with van der Waals surface area (Å²) in [6, 6.07) is 3.83. The van der Waals surface area contributed by atoms with Gasteiger partial charge in [0.1, 0.15) is 11.4 Å². The van der Waals surface area contributed by atoms with Crippen LogP contribution in [0.2, 0.25) is 0 Å². The summed E-state index contributed by atoms with van der Waals surface area (Å²) < 4.78 is 103. The van der Waals surface area contributed by atoms with Crippen molar-refractivity contribution in [1.82, 2.24) is 14.0 Å². The molecule has 0 radical (unpaired) electrons. The fourth-order valence-corrected chi connectivity index (χ4v) is 4.51. The summed E-state index contributed by atoms with van der Waals surface area (Å²) in [5.74, 6) is -2.15. The predicted molar refractivity (Wildman–Crippen MR) is 131 cm³/mol. The summed E-state index contributed by atoms with van der Waals surface area (Å²) in [5, 5.41) is 0. The molecular formula is C26H23F7N4O4. The van der Waals surface area contributed by atoms with E-state index in [4.69, 9.17) is 4.74 Å². The zero-order valence-corrected chi connectivity index (χ0v) is 21.6. The lowest BCUT2D eigenvalue weighted by Crippen LogP contribution is -2.39. The number of piperidine rings is 1. The molecule has 1 fully saturated rings. The van der Waals surface area contributed by atoms with Crippen molar-refractivity contribution < 1.29 is 45.1 Å². The van der Waals surface area contributed by atoms with E-state index in [0.29, 0.717) is 36.6 Å². The van der Waals surface area contributed by atoms with E-state index in [1.165, 1.54) is 13.1 Å². The normalized spacial score (nSPS) is 14.7. The third kappa shape index (κ3) is 6.23. The number of amides is 2. The molecule has 0 saturated carbocycles. The van der Waals surface area contributed by atoms with Gasteiger partial charge in [0.15, 0.2) is 5.75 Å². The highest BCUT2D eigenvalue weighted by molar-refractivity contribution is 5.89. The maximum Gasteiger partial charge on any atom is 0.420 e. The molecule has 1 saturated heterocycles. The molecule has 8 nitrogen and oxygen atoms in total. The summed E-state index contributed by atoms with van der Waals surface area (Å²) in [5.41, 5.74) is -5.57. The van der Waals surface area contributed by atoms with Crippen molar-refractivity contribution in [2.45, 2.75) is 38.2 Å². The van der Waals surface area contributed by atoms with Crippen LogP contribution in [0.3, 0.4) is 0 Å². The highest BCUT2D eigenvalue weighted by Crippen LogP contribution is 2.44. The second kappa shape index (κ2) is 10.9. The van der Waals surface area contributed by atoms with Gasteiger partial charge in [-0.15, -0.1) is 0 Å². The zero-order chi connectivity index (χ0) is 30.3. The molecule has 2 heterocycles. The number of hydrogen-bond acceptors (Lipinski definition) is 4. The Morgan fingerprint density at radius 1 is 0.951 bits per heavy atom. The summed E-state index contributed by atoms with van der Waals surface area (Å²) in [6.45, 7) is 1.99. The van der Waals surface area contributed by atoms with Crippen molar-refractivity contribution in [3.8, 4) is 11.4 Å². The Morgan fingerprint density at radius 3 is 2.10 bits per heavy atom. The molecule has 0 unspecified atom stereocenters. The Morgan fingerprint density at radius 2 is 1.56 bits per heavy atom. The Balaban J connectivity index is 1.82. The van der Waals surface area contributed by atoms with E-state index in [9.17, 15) is 45.1 Å². The second-order valence-corrected chi connectivity index (χ2v) is 9.37. The molecule has 15 heteroatoms. The number of rotatable bonds is 4. The molecule has 0 atom stereocenters. The standard InChI is InChI=1S/C26H23F7N4O4/c1-15(38)35-9-7-19(8-10-35)36-11-12-37(23(36)39)21-14-16(25(28,29)30)13-20(26(31,32)33)22(21)41-24(40)34(2)18-5-3-17(27)4-6-18/h3-6,11-14,19H,7-10H2,1-2H3. The first-order valence-corrected chi connectivity index (χ1v) is 12.2. The van der Waals surface area contributed by atoms with Crippen LogP contribution in [0, 0.1) is 5.82 Å². The van der Waals surface area contributed by atoms with Crippen LogP contribution in [-0.2, 0) is 17.1 Å². The maximum absolute atomic E-state index is 14.1. The Kier molecular flexibility index (Phi) is 7.91. The number of carbonyl (C=O) groups excluding carboxylic acids is 2. The molecule has 2 amide bonds. The molecule has 41 heavy (non-hydrogen) atoms. The Bertz CT molecular complexity index is 1500. The lowest BCUT2D eigenvalue weighted by Gasteiger charge is -2.31. The molecular weight excluding hydrogens is 565 g/mol. The smallest absolute Gasteiger partial charge is 0.407 e. The molecule has 3 aromatic rings. The molecule has 2 aromatic carbocycles. The number of carbonyl (C=O) groups is 2. The van der Waals surface area contributed by atoms with E-state index in [1.807, 2.05) is 0 Å². The van der Waals surface area contributed by atoms with Crippen LogP contribution in [0.1, 0.15) is 36.9 Å². The Labute approximate surface area is 228 Å². The van der Waals surface area contributed by atoms with Gasteiger partial charge in [0.2, 0.25) is 5.91 Å². The SMILES string of the molecule is CC(=O)N1CCC(n2ccn(-c3cc(C(F)(F)F)cc(C(F)(F)F)c3OC(=O)N(C)c3ccc(F)cc3)c2=O)CC1. The third-order valence-electron chi connectivity index (χ3n) is 6.75. The number of imidazole rings is 1. The first kappa shape index (κ1) is 29.7. The first-order chi connectivity index (χ1) is 19.1. The van der Waals surface area contributed by atoms with Gasteiger partial charge in [-0.05, 0) is 49.2 Å². The molecule has 1 aliphatic heterocycles. The summed E-state index contributed by atoms with van der Waals surface area (Å²) >= 11 is 0. The van der Waals surface area contributed by atoms with Crippen molar-refractivity contribution >= 4 is 17.7 Å². The lowest BCUT2D eigenvalue weighted by atomic mass is 10.1. The van der Waals surface area contributed by atoms with E-state index < -0.39 is 58.6 Å². The largest absolute Gasteiger partial charge is 0.420 e. The van der Waals surface area contributed by atoms with Gasteiger partial charge in [0.25, 0.3) is 0 Å². The third-order valence-corrected chi connectivity index (χ3v) is 6.75. The number of likely N-dealkylation sites (tertiary alicyclic amines) is 1. The minimum absolute atomic E-state index is 0.0126. The summed E-state index contributed by atoms with van der Waals surface area (Å²) in [6.07, 6.45) is -9.27. The molecule has 0 N–H and O–H groups in total. The molecule has 1 aromatic heterocycles. The summed E-state index contributed by atoms with van der Waals surface area (Å²) in [7, 11) is 1.10. The quantitative estimate of drug-likeness (QED) is 0.370. The lowest BCUT2D eigenvalue weighted by molar-refractivity contribution is -0.143. The van der Waals surface area contributed by atoms with Crippen LogP contribution in [-0.4, -0.2) is 46.2 Å². The zero-order valence-electron chi connectivity index (χ0n) is 21.6. The van der Waals surface area contributed by atoms with Gasteiger partial charge in [0.05, 0.1) is 11.3 Å². The van der Waals surface area contributed by atoms with Crippen molar-refractivity contribution in [3.63, 3.8) is 0 Å². The van der Waals surface area contributed by atoms with E-state index in [0.717, 1.165) is 47.0 Å². The predicted octanol–water partition coefficient (Wildman–Crippen LogP) is 5.63. The fraction of sp³-hybridized carbons (Fsp3) is 0.346. The van der Waals surface area contributed by atoms with Crippen LogP contribution in [0.25, 0.3) is 5.69 Å². The first-order valence-electron chi connectivity index (χ1n) is 12.2. The van der Waals surface area contributed by atoms with Gasteiger partial charge in [-0.25, -0.2) is 14.0 Å². The van der Waals surface area contributed by atoms with Gasteiger partial charge in [-0.1, -0.05) is 0 Å². The molecule has 0 bridgehead atoms. The maximum atomic E-state index is 14.1. The van der Waals surface area contributed by atoms with Gasteiger partial charge in [-0.2, -0.15) is 26.3 Å². The van der Waals surface area contributed by atoms with E-state index in [-0.39, 0.29) is 17.7 Å². The van der Waals surface area contributed by atoms with Crippen molar-refractivity contribution in [2.24, 2.45) is 0 Å². The topological polar surface area (TPSA) is 76.8 Å². The van der Waals surface area contributed by atoms with Crippen molar-refractivity contribution in [3.05, 3.63) is 76.2 Å². The number of nitrogens with zero attached hydrogens (tertiary/aromatic N) is 4. The van der Waals surface area contributed by atoms with Gasteiger partial charge >= 0.3 is 24.1 Å². The average molecular weight is 588 g/mol. The number of halogens is 7. The second-order valence-electron chi connectivity index (χ2n) is 9.37. The van der Waals surface area contributed by atoms with E-state index >= 15 is 0 Å². The number of aromatic nitrogens is 2. The number of hydrogen-bond donors (Lipinski definition) is 0. The van der Waals surface area contributed by atoms with Crippen LogP contribution in [0.15, 0.2) is 53.6 Å². The van der Waals surface area contributed by atoms with E-state index in [2.05, 4.69) is 0 Å². The van der Waals surface area contributed by atoms with E-state index in [1.54, 1.807) is 4.90 Å². The minimum Gasteiger partial charge on any atom is -0.407 e. The van der Waals surface area contributed by atoms with Crippen LogP contribution >= 0.6 is 0 Å². The highest BCUT2D eigenvalue weighted by Gasteiger charge is 2.42.